The van der Waals surface area contributed by atoms with E-state index < -0.39 is 0 Å². The number of para-hydroxylation sites is 1. The maximum Gasteiger partial charge on any atom is 0.125 e. The van der Waals surface area contributed by atoms with E-state index in [0.717, 1.165) is 22.4 Å². The molecule has 0 bridgehead atoms. The van der Waals surface area contributed by atoms with Crippen LogP contribution in [0, 0.1) is 0 Å². The number of ether oxygens (including phenoxy) is 2. The highest BCUT2D eigenvalue weighted by Gasteiger charge is 2.05. The van der Waals surface area contributed by atoms with E-state index in [1.807, 2.05) is 42.5 Å². The first kappa shape index (κ1) is 14.4. The normalized spacial score (nSPS) is 10.3. The molecule has 0 aromatic heterocycles. The van der Waals surface area contributed by atoms with Crippen LogP contribution in [0.4, 0.5) is 0 Å². The summed E-state index contributed by atoms with van der Waals surface area (Å²) in [5.41, 5.74) is 8.37. The summed E-state index contributed by atoms with van der Waals surface area (Å²) in [6.45, 7) is 0.821. The molecule has 0 radical (unpaired) electrons. The van der Waals surface area contributed by atoms with Crippen molar-refractivity contribution in [1.82, 2.24) is 0 Å². The first-order valence-corrected chi connectivity index (χ1v) is 6.46. The standard InChI is InChI=1S/C16H19NO3/c1-19-16-8-12(6-7-13(16)9-17)11-20-15-5-3-2-4-14(15)10-18/h2-8,18H,9-11,17H2,1H3. The monoisotopic (exact) mass is 273 g/mol. The molecule has 0 saturated heterocycles. The number of aliphatic hydroxyl groups excluding tert-OH is 1. The predicted octanol–water partition coefficient (Wildman–Crippen LogP) is 2.23. The van der Waals surface area contributed by atoms with Crippen molar-refractivity contribution in [2.75, 3.05) is 7.11 Å². The van der Waals surface area contributed by atoms with Gasteiger partial charge in [0.1, 0.15) is 18.1 Å². The van der Waals surface area contributed by atoms with Crippen molar-refractivity contribution in [1.29, 1.82) is 0 Å². The maximum absolute atomic E-state index is 9.25. The average Bonchev–Trinajstić information content (AvgIpc) is 2.52. The Morgan fingerprint density at radius 3 is 2.55 bits per heavy atom. The molecule has 0 heterocycles. The van der Waals surface area contributed by atoms with Crippen LogP contribution < -0.4 is 15.2 Å². The highest BCUT2D eigenvalue weighted by Crippen LogP contribution is 2.22. The Hall–Kier alpha value is -2.04. The van der Waals surface area contributed by atoms with Gasteiger partial charge in [-0.2, -0.15) is 0 Å². The van der Waals surface area contributed by atoms with Gasteiger partial charge in [0.2, 0.25) is 0 Å². The molecule has 0 amide bonds. The van der Waals surface area contributed by atoms with Crippen LogP contribution in [0.3, 0.4) is 0 Å². The van der Waals surface area contributed by atoms with E-state index in [2.05, 4.69) is 0 Å². The summed E-state index contributed by atoms with van der Waals surface area (Å²) < 4.78 is 11.0. The third-order valence-electron chi connectivity index (χ3n) is 3.11. The van der Waals surface area contributed by atoms with Crippen molar-refractivity contribution < 1.29 is 14.6 Å². The summed E-state index contributed by atoms with van der Waals surface area (Å²) in [7, 11) is 1.63. The SMILES string of the molecule is COc1cc(COc2ccccc2CO)ccc1CN. The minimum Gasteiger partial charge on any atom is -0.496 e. The van der Waals surface area contributed by atoms with Crippen molar-refractivity contribution in [3.05, 3.63) is 59.2 Å². The van der Waals surface area contributed by atoms with Gasteiger partial charge in [0.15, 0.2) is 0 Å². The maximum atomic E-state index is 9.25. The molecule has 4 nitrogen and oxygen atoms in total. The van der Waals surface area contributed by atoms with E-state index in [1.165, 1.54) is 0 Å². The van der Waals surface area contributed by atoms with Crippen molar-refractivity contribution in [2.24, 2.45) is 5.73 Å². The zero-order chi connectivity index (χ0) is 14.4. The third kappa shape index (κ3) is 3.29. The molecule has 2 rings (SSSR count). The van der Waals surface area contributed by atoms with E-state index in [9.17, 15) is 5.11 Å². The number of nitrogens with two attached hydrogens (primary N) is 1. The molecule has 4 heteroatoms. The van der Waals surface area contributed by atoms with E-state index in [4.69, 9.17) is 15.2 Å². The summed E-state index contributed by atoms with van der Waals surface area (Å²) in [6, 6.07) is 13.3. The van der Waals surface area contributed by atoms with Crippen LogP contribution in [-0.2, 0) is 19.8 Å². The van der Waals surface area contributed by atoms with Crippen LogP contribution in [0.2, 0.25) is 0 Å². The van der Waals surface area contributed by atoms with Gasteiger partial charge in [-0.05, 0) is 17.7 Å². The molecule has 106 valence electrons. The number of benzene rings is 2. The minimum atomic E-state index is -0.0361. The molecule has 0 saturated carbocycles. The lowest BCUT2D eigenvalue weighted by molar-refractivity contribution is 0.259. The number of hydrogen-bond donors (Lipinski definition) is 2. The second kappa shape index (κ2) is 6.93. The van der Waals surface area contributed by atoms with Gasteiger partial charge in [0.25, 0.3) is 0 Å². The van der Waals surface area contributed by atoms with Crippen LogP contribution in [-0.4, -0.2) is 12.2 Å². The van der Waals surface area contributed by atoms with E-state index in [0.29, 0.717) is 18.9 Å². The summed E-state index contributed by atoms with van der Waals surface area (Å²) in [5.74, 6) is 1.46. The topological polar surface area (TPSA) is 64.7 Å². The van der Waals surface area contributed by atoms with Crippen molar-refractivity contribution in [3.63, 3.8) is 0 Å². The molecule has 0 aliphatic rings. The molecule has 0 spiro atoms. The van der Waals surface area contributed by atoms with Crippen LogP contribution in [0.1, 0.15) is 16.7 Å². The predicted molar refractivity (Wildman–Crippen MR) is 77.6 cm³/mol. The van der Waals surface area contributed by atoms with Gasteiger partial charge in [-0.1, -0.05) is 30.3 Å². The van der Waals surface area contributed by atoms with Gasteiger partial charge < -0.3 is 20.3 Å². The Kier molecular flexibility index (Phi) is 4.98. The largest absolute Gasteiger partial charge is 0.496 e. The number of methoxy groups -OCH3 is 1. The summed E-state index contributed by atoms with van der Waals surface area (Å²) in [5, 5.41) is 9.25. The smallest absolute Gasteiger partial charge is 0.125 e. The Morgan fingerprint density at radius 2 is 1.85 bits per heavy atom. The summed E-state index contributed by atoms with van der Waals surface area (Å²) in [6.07, 6.45) is 0. The molecular weight excluding hydrogens is 254 g/mol. The molecule has 20 heavy (non-hydrogen) atoms. The molecule has 0 aliphatic carbocycles. The molecule has 0 unspecified atom stereocenters. The molecule has 0 fully saturated rings. The number of hydrogen-bond acceptors (Lipinski definition) is 4. The van der Waals surface area contributed by atoms with Gasteiger partial charge >= 0.3 is 0 Å². The second-order valence-electron chi connectivity index (χ2n) is 4.40. The number of aliphatic hydroxyl groups is 1. The molecule has 0 aliphatic heterocycles. The van der Waals surface area contributed by atoms with Crippen molar-refractivity contribution in [3.8, 4) is 11.5 Å². The third-order valence-corrected chi connectivity index (χ3v) is 3.11. The summed E-state index contributed by atoms with van der Waals surface area (Å²) >= 11 is 0. The second-order valence-corrected chi connectivity index (χ2v) is 4.40. The fourth-order valence-electron chi connectivity index (χ4n) is 1.98. The van der Waals surface area contributed by atoms with Crippen molar-refractivity contribution in [2.45, 2.75) is 19.8 Å². The van der Waals surface area contributed by atoms with Crippen LogP contribution in [0.25, 0.3) is 0 Å². The quantitative estimate of drug-likeness (QED) is 0.847. The van der Waals surface area contributed by atoms with Gasteiger partial charge in [0.05, 0.1) is 13.7 Å². The lowest BCUT2D eigenvalue weighted by Crippen LogP contribution is -2.03. The first-order valence-electron chi connectivity index (χ1n) is 6.46. The molecular formula is C16H19NO3. The Balaban J connectivity index is 2.11. The molecule has 0 atom stereocenters. The Labute approximate surface area is 118 Å². The molecule has 2 aromatic rings. The minimum absolute atomic E-state index is 0.0361. The van der Waals surface area contributed by atoms with Gasteiger partial charge in [-0.3, -0.25) is 0 Å². The fraction of sp³-hybridized carbons (Fsp3) is 0.250. The van der Waals surface area contributed by atoms with Crippen LogP contribution in [0.5, 0.6) is 11.5 Å². The molecule has 2 aromatic carbocycles. The highest BCUT2D eigenvalue weighted by atomic mass is 16.5. The van der Waals surface area contributed by atoms with Crippen LogP contribution in [0.15, 0.2) is 42.5 Å². The lowest BCUT2D eigenvalue weighted by atomic mass is 10.1. The number of rotatable bonds is 6. The first-order chi connectivity index (χ1) is 9.78. The van der Waals surface area contributed by atoms with E-state index >= 15 is 0 Å². The van der Waals surface area contributed by atoms with Crippen molar-refractivity contribution >= 4 is 0 Å². The molecule has 3 N–H and O–H groups in total. The Morgan fingerprint density at radius 1 is 1.05 bits per heavy atom. The highest BCUT2D eigenvalue weighted by molar-refractivity contribution is 5.38. The zero-order valence-electron chi connectivity index (χ0n) is 11.5. The van der Waals surface area contributed by atoms with Gasteiger partial charge in [-0.25, -0.2) is 0 Å². The lowest BCUT2D eigenvalue weighted by Gasteiger charge is -2.12. The van der Waals surface area contributed by atoms with E-state index in [-0.39, 0.29) is 6.61 Å². The summed E-state index contributed by atoms with van der Waals surface area (Å²) in [4.78, 5) is 0. The fourth-order valence-corrected chi connectivity index (χ4v) is 1.98. The Bertz CT molecular complexity index is 569. The van der Waals surface area contributed by atoms with Crippen LogP contribution >= 0.6 is 0 Å². The average molecular weight is 273 g/mol. The zero-order valence-corrected chi connectivity index (χ0v) is 11.5. The van der Waals surface area contributed by atoms with E-state index in [1.54, 1.807) is 7.11 Å². The van der Waals surface area contributed by atoms with Gasteiger partial charge in [-0.15, -0.1) is 0 Å². The van der Waals surface area contributed by atoms with Gasteiger partial charge in [0, 0.05) is 17.7 Å².